The number of anilines is 1. The van der Waals surface area contributed by atoms with Gasteiger partial charge in [0.25, 0.3) is 0 Å². The van der Waals surface area contributed by atoms with Gasteiger partial charge < -0.3 is 10.1 Å². The first kappa shape index (κ1) is 12.4. The highest BCUT2D eigenvalue weighted by Gasteiger charge is 2.03. The summed E-state index contributed by atoms with van der Waals surface area (Å²) >= 11 is 0. The van der Waals surface area contributed by atoms with Gasteiger partial charge in [0.05, 0.1) is 6.61 Å². The topological polar surface area (TPSA) is 21.3 Å². The lowest BCUT2D eigenvalue weighted by Gasteiger charge is -2.09. The van der Waals surface area contributed by atoms with Crippen LogP contribution in [0.15, 0.2) is 48.5 Å². The summed E-state index contributed by atoms with van der Waals surface area (Å²) in [5.41, 5.74) is 1.91. The van der Waals surface area contributed by atoms with Gasteiger partial charge in [-0.15, -0.1) is 0 Å². The summed E-state index contributed by atoms with van der Waals surface area (Å²) in [4.78, 5) is 0. The number of hydrogen-bond donors (Lipinski definition) is 1. The van der Waals surface area contributed by atoms with Gasteiger partial charge >= 0.3 is 0 Å². The van der Waals surface area contributed by atoms with Gasteiger partial charge in [-0.25, -0.2) is 4.39 Å². The Labute approximate surface area is 106 Å². The van der Waals surface area contributed by atoms with E-state index in [4.69, 9.17) is 4.74 Å². The Bertz CT molecular complexity index is 499. The maximum atomic E-state index is 13.6. The molecule has 0 unspecified atom stereocenters. The molecular formula is C15H16FNO. The first-order valence-corrected chi connectivity index (χ1v) is 5.99. The minimum absolute atomic E-state index is 0.294. The standard InChI is InChI=1S/C15H16FNO/c1-2-18-15-9-8-13(10-14(15)16)17-11-12-6-4-3-5-7-12/h3-10,17H,2,11H2,1H3. The Balaban J connectivity index is 2.00. The lowest BCUT2D eigenvalue weighted by Crippen LogP contribution is -2.00. The van der Waals surface area contributed by atoms with Crippen molar-refractivity contribution in [3.8, 4) is 5.75 Å². The van der Waals surface area contributed by atoms with Crippen LogP contribution < -0.4 is 10.1 Å². The van der Waals surface area contributed by atoms with Crippen molar-refractivity contribution in [3.05, 3.63) is 59.9 Å². The Morgan fingerprint density at radius 2 is 1.89 bits per heavy atom. The van der Waals surface area contributed by atoms with Crippen LogP contribution in [-0.4, -0.2) is 6.61 Å². The van der Waals surface area contributed by atoms with Gasteiger partial charge in [-0.2, -0.15) is 0 Å². The van der Waals surface area contributed by atoms with Crippen LogP contribution in [0.4, 0.5) is 10.1 Å². The smallest absolute Gasteiger partial charge is 0.167 e. The zero-order chi connectivity index (χ0) is 12.8. The average Bonchev–Trinajstić information content (AvgIpc) is 2.41. The fourth-order valence-electron chi connectivity index (χ4n) is 1.68. The van der Waals surface area contributed by atoms with E-state index in [0.717, 1.165) is 11.3 Å². The van der Waals surface area contributed by atoms with Gasteiger partial charge in [0, 0.05) is 18.3 Å². The molecule has 0 aliphatic heterocycles. The zero-order valence-electron chi connectivity index (χ0n) is 10.3. The third-order valence-electron chi connectivity index (χ3n) is 2.57. The average molecular weight is 245 g/mol. The van der Waals surface area contributed by atoms with Crippen molar-refractivity contribution in [2.45, 2.75) is 13.5 Å². The Morgan fingerprint density at radius 3 is 2.56 bits per heavy atom. The molecule has 1 N–H and O–H groups in total. The molecule has 2 aromatic carbocycles. The fourth-order valence-corrected chi connectivity index (χ4v) is 1.68. The van der Waals surface area contributed by atoms with Crippen LogP contribution in [0.5, 0.6) is 5.75 Å². The van der Waals surface area contributed by atoms with Gasteiger partial charge in [-0.05, 0) is 24.6 Å². The van der Waals surface area contributed by atoms with E-state index in [0.29, 0.717) is 18.9 Å². The van der Waals surface area contributed by atoms with Gasteiger partial charge in [-0.3, -0.25) is 0 Å². The number of benzene rings is 2. The van der Waals surface area contributed by atoms with Gasteiger partial charge in [-0.1, -0.05) is 30.3 Å². The molecule has 2 rings (SSSR count). The monoisotopic (exact) mass is 245 g/mol. The van der Waals surface area contributed by atoms with Crippen molar-refractivity contribution in [1.29, 1.82) is 0 Å². The van der Waals surface area contributed by atoms with Gasteiger partial charge in [0.1, 0.15) is 0 Å². The molecule has 0 saturated heterocycles. The van der Waals surface area contributed by atoms with Crippen molar-refractivity contribution in [1.82, 2.24) is 0 Å². The molecule has 94 valence electrons. The number of ether oxygens (including phenoxy) is 1. The molecule has 0 atom stereocenters. The maximum absolute atomic E-state index is 13.6. The molecule has 2 aromatic rings. The second-order valence-corrected chi connectivity index (χ2v) is 3.92. The number of halogens is 1. The van der Waals surface area contributed by atoms with E-state index in [-0.39, 0.29) is 5.82 Å². The van der Waals surface area contributed by atoms with E-state index < -0.39 is 0 Å². The predicted molar refractivity (Wildman–Crippen MR) is 71.3 cm³/mol. The van der Waals surface area contributed by atoms with E-state index in [1.165, 1.54) is 6.07 Å². The number of rotatable bonds is 5. The highest BCUT2D eigenvalue weighted by atomic mass is 19.1. The van der Waals surface area contributed by atoms with Crippen LogP contribution in [0.25, 0.3) is 0 Å². The largest absolute Gasteiger partial charge is 0.491 e. The molecule has 2 nitrogen and oxygen atoms in total. The lowest BCUT2D eigenvalue weighted by atomic mass is 10.2. The normalized spacial score (nSPS) is 10.1. The number of nitrogens with one attached hydrogen (secondary N) is 1. The fraction of sp³-hybridized carbons (Fsp3) is 0.200. The minimum Gasteiger partial charge on any atom is -0.491 e. The van der Waals surface area contributed by atoms with Gasteiger partial charge in [0.15, 0.2) is 11.6 Å². The van der Waals surface area contributed by atoms with Crippen LogP contribution in [-0.2, 0) is 6.54 Å². The van der Waals surface area contributed by atoms with E-state index in [1.54, 1.807) is 6.07 Å². The van der Waals surface area contributed by atoms with Crippen LogP contribution in [0.3, 0.4) is 0 Å². The molecule has 0 radical (unpaired) electrons. The highest BCUT2D eigenvalue weighted by molar-refractivity contribution is 5.47. The Kier molecular flexibility index (Phi) is 4.18. The summed E-state index contributed by atoms with van der Waals surface area (Å²) in [6, 6.07) is 14.9. The molecule has 0 aliphatic rings. The van der Waals surface area contributed by atoms with Crippen LogP contribution >= 0.6 is 0 Å². The summed E-state index contributed by atoms with van der Waals surface area (Å²) in [5, 5.41) is 3.18. The van der Waals surface area contributed by atoms with Crippen LogP contribution in [0, 0.1) is 5.82 Å². The zero-order valence-corrected chi connectivity index (χ0v) is 10.3. The molecule has 0 saturated carbocycles. The van der Waals surface area contributed by atoms with Crippen LogP contribution in [0.1, 0.15) is 12.5 Å². The lowest BCUT2D eigenvalue weighted by molar-refractivity contribution is 0.321. The molecule has 0 aliphatic carbocycles. The summed E-state index contributed by atoms with van der Waals surface area (Å²) in [6.45, 7) is 2.98. The Morgan fingerprint density at radius 1 is 1.11 bits per heavy atom. The quantitative estimate of drug-likeness (QED) is 0.864. The van der Waals surface area contributed by atoms with Crippen molar-refractivity contribution in [2.75, 3.05) is 11.9 Å². The second-order valence-electron chi connectivity index (χ2n) is 3.92. The number of hydrogen-bond acceptors (Lipinski definition) is 2. The minimum atomic E-state index is -0.338. The SMILES string of the molecule is CCOc1ccc(NCc2ccccc2)cc1F. The second kappa shape index (κ2) is 6.05. The Hall–Kier alpha value is -2.03. The molecule has 0 amide bonds. The van der Waals surface area contributed by atoms with Gasteiger partial charge in [0.2, 0.25) is 0 Å². The van der Waals surface area contributed by atoms with E-state index in [1.807, 2.05) is 43.3 Å². The molecule has 18 heavy (non-hydrogen) atoms. The molecule has 0 heterocycles. The molecule has 0 bridgehead atoms. The maximum Gasteiger partial charge on any atom is 0.167 e. The summed E-state index contributed by atoms with van der Waals surface area (Å²) in [5.74, 6) is -0.0438. The van der Waals surface area contributed by atoms with Crippen molar-refractivity contribution >= 4 is 5.69 Å². The first-order valence-electron chi connectivity index (χ1n) is 5.99. The van der Waals surface area contributed by atoms with E-state index in [2.05, 4.69) is 5.32 Å². The summed E-state index contributed by atoms with van der Waals surface area (Å²) in [7, 11) is 0. The van der Waals surface area contributed by atoms with E-state index in [9.17, 15) is 4.39 Å². The molecule has 3 heteroatoms. The third kappa shape index (κ3) is 3.23. The molecule has 0 spiro atoms. The van der Waals surface area contributed by atoms with E-state index >= 15 is 0 Å². The summed E-state index contributed by atoms with van der Waals surface area (Å²) in [6.07, 6.45) is 0. The third-order valence-corrected chi connectivity index (χ3v) is 2.57. The molecule has 0 fully saturated rings. The molecule has 0 aromatic heterocycles. The van der Waals surface area contributed by atoms with Crippen molar-refractivity contribution in [3.63, 3.8) is 0 Å². The first-order chi connectivity index (χ1) is 8.79. The van der Waals surface area contributed by atoms with Crippen molar-refractivity contribution < 1.29 is 9.13 Å². The highest BCUT2D eigenvalue weighted by Crippen LogP contribution is 2.21. The predicted octanol–water partition coefficient (Wildman–Crippen LogP) is 3.84. The summed E-state index contributed by atoms with van der Waals surface area (Å²) < 4.78 is 18.7. The van der Waals surface area contributed by atoms with Crippen molar-refractivity contribution in [2.24, 2.45) is 0 Å². The van der Waals surface area contributed by atoms with Crippen LogP contribution in [0.2, 0.25) is 0 Å². The molecular weight excluding hydrogens is 229 g/mol.